The lowest BCUT2D eigenvalue weighted by atomic mass is 9.88. The molecule has 8 heteroatoms. The number of β-amino-alcohol motifs (C(OH)–C–C–N with tert-alkyl or cyclic N) is 1. The van der Waals surface area contributed by atoms with Gasteiger partial charge in [0.1, 0.15) is 11.6 Å². The Balaban J connectivity index is 1.28. The molecule has 0 unspecified atom stereocenters. The van der Waals surface area contributed by atoms with Crippen LogP contribution in [0.5, 0.6) is 0 Å². The van der Waals surface area contributed by atoms with Gasteiger partial charge in [0.2, 0.25) is 0 Å². The quantitative estimate of drug-likeness (QED) is 0.216. The van der Waals surface area contributed by atoms with Crippen LogP contribution in [0, 0.1) is 17.6 Å². The zero-order valence-electron chi connectivity index (χ0n) is 23.3. The normalized spacial score (nSPS) is 14.5. The first-order chi connectivity index (χ1) is 19.0. The van der Waals surface area contributed by atoms with Crippen molar-refractivity contribution >= 4 is 17.9 Å². The van der Waals surface area contributed by atoms with E-state index in [2.05, 4.69) is 43.4 Å². The summed E-state index contributed by atoms with van der Waals surface area (Å²) in [6.07, 6.45) is 2.57. The zero-order chi connectivity index (χ0) is 28.9. The molecule has 0 aliphatic heterocycles. The largest absolute Gasteiger partial charge is 0.481 e. The number of rotatable bonds is 13. The average molecular weight is 569 g/mol. The third-order valence-electron chi connectivity index (χ3n) is 7.39. The zero-order valence-corrected chi connectivity index (χ0v) is 24.1. The second-order valence-electron chi connectivity index (χ2n) is 11.4. The molecule has 40 heavy (non-hydrogen) atoms. The van der Waals surface area contributed by atoms with E-state index < -0.39 is 23.7 Å². The van der Waals surface area contributed by atoms with Gasteiger partial charge in [-0.15, -0.1) is 0 Å². The number of carboxylic acids is 1. The number of aliphatic hydroxyl groups excluding tert-OH is 1. The minimum atomic E-state index is -0.994. The van der Waals surface area contributed by atoms with Crippen molar-refractivity contribution in [2.75, 3.05) is 20.1 Å². The minimum absolute atomic E-state index is 0.109. The number of halogens is 2. The maximum Gasteiger partial charge on any atom is 0.303 e. The molecule has 0 saturated carbocycles. The number of aliphatic hydroxyl groups is 1. The third-order valence-corrected chi connectivity index (χ3v) is 8.31. The summed E-state index contributed by atoms with van der Waals surface area (Å²) >= 11 is 1.33. The van der Waals surface area contributed by atoms with Crippen LogP contribution < -0.4 is 5.32 Å². The van der Waals surface area contributed by atoms with Gasteiger partial charge < -0.3 is 15.5 Å². The summed E-state index contributed by atoms with van der Waals surface area (Å²) in [5, 5.41) is 23.2. The first-order valence-corrected chi connectivity index (χ1v) is 14.5. The van der Waals surface area contributed by atoms with Gasteiger partial charge in [-0.2, -0.15) is 0 Å². The Hall–Kier alpha value is -2.78. The van der Waals surface area contributed by atoms with E-state index in [0.717, 1.165) is 19.3 Å². The van der Waals surface area contributed by atoms with Crippen molar-refractivity contribution in [2.24, 2.45) is 5.92 Å². The molecule has 0 spiro atoms. The number of nitrogens with one attached hydrogen (secondary N) is 1. The van der Waals surface area contributed by atoms with Crippen molar-refractivity contribution in [1.29, 1.82) is 0 Å². The highest BCUT2D eigenvalue weighted by atomic mass is 32.2. The standard InChI is InChI=1S/C32H38F2N2O3S/c1-32(2,18-21-14-22-6-4-5-7-23(22)15-21)35-19-26(37)20-36(3)40-27-10-12-29(30(34)17-27)28-11-9-25(33)16-24(28)8-13-31(38)39/h4-7,9-12,16-17,21,26,35,37H,8,13-15,18-20H2,1-3H3,(H,38,39)/t26-/m1/s1. The van der Waals surface area contributed by atoms with Gasteiger partial charge >= 0.3 is 5.97 Å². The first-order valence-electron chi connectivity index (χ1n) is 13.7. The van der Waals surface area contributed by atoms with Crippen LogP contribution in [0.3, 0.4) is 0 Å². The van der Waals surface area contributed by atoms with Crippen molar-refractivity contribution in [3.8, 4) is 11.1 Å². The predicted octanol–water partition coefficient (Wildman–Crippen LogP) is 6.12. The topological polar surface area (TPSA) is 72.8 Å². The van der Waals surface area contributed by atoms with Gasteiger partial charge in [0.15, 0.2) is 0 Å². The number of aliphatic carboxylic acids is 1. The monoisotopic (exact) mass is 568 g/mol. The van der Waals surface area contributed by atoms with Gasteiger partial charge in [-0.25, -0.2) is 13.1 Å². The first kappa shape index (κ1) is 30.2. The molecule has 0 heterocycles. The molecule has 1 aliphatic rings. The van der Waals surface area contributed by atoms with Gasteiger partial charge in [0.05, 0.1) is 6.10 Å². The molecule has 3 aromatic rings. The lowest BCUT2D eigenvalue weighted by molar-refractivity contribution is -0.136. The van der Waals surface area contributed by atoms with Crippen LogP contribution in [0.25, 0.3) is 11.1 Å². The number of likely N-dealkylation sites (N-methyl/N-ethyl adjacent to an activating group) is 1. The highest BCUT2D eigenvalue weighted by Crippen LogP contribution is 2.33. The van der Waals surface area contributed by atoms with Crippen molar-refractivity contribution in [3.05, 3.63) is 89.0 Å². The Kier molecular flexibility index (Phi) is 10.0. The molecule has 0 aromatic heterocycles. The molecule has 3 aromatic carbocycles. The Bertz CT molecular complexity index is 1310. The minimum Gasteiger partial charge on any atom is -0.481 e. The third kappa shape index (κ3) is 8.36. The number of hydrogen-bond acceptors (Lipinski definition) is 5. The van der Waals surface area contributed by atoms with Crippen LogP contribution in [-0.4, -0.2) is 52.3 Å². The lowest BCUT2D eigenvalue weighted by Gasteiger charge is -2.31. The maximum absolute atomic E-state index is 15.1. The number of benzene rings is 3. The molecule has 1 atom stereocenters. The average Bonchev–Trinajstić information content (AvgIpc) is 3.28. The fourth-order valence-corrected chi connectivity index (χ4v) is 6.50. The van der Waals surface area contributed by atoms with Crippen LogP contribution in [0.1, 0.15) is 43.4 Å². The van der Waals surface area contributed by atoms with E-state index in [1.54, 1.807) is 12.1 Å². The van der Waals surface area contributed by atoms with Crippen LogP contribution >= 0.6 is 11.9 Å². The summed E-state index contributed by atoms with van der Waals surface area (Å²) in [5.74, 6) is -1.36. The molecule has 214 valence electrons. The van der Waals surface area contributed by atoms with Crippen LogP contribution in [0.2, 0.25) is 0 Å². The van der Waals surface area contributed by atoms with E-state index in [1.165, 1.54) is 47.3 Å². The van der Waals surface area contributed by atoms with Gasteiger partial charge in [-0.3, -0.25) is 4.79 Å². The maximum atomic E-state index is 15.1. The highest BCUT2D eigenvalue weighted by molar-refractivity contribution is 7.97. The van der Waals surface area contributed by atoms with E-state index in [1.807, 2.05) is 11.4 Å². The second-order valence-corrected chi connectivity index (χ2v) is 12.7. The molecule has 0 amide bonds. The summed E-state index contributed by atoms with van der Waals surface area (Å²) in [4.78, 5) is 11.7. The van der Waals surface area contributed by atoms with Gasteiger partial charge in [-0.05, 0) is 111 Å². The van der Waals surface area contributed by atoms with Gasteiger partial charge in [0.25, 0.3) is 0 Å². The molecule has 0 saturated heterocycles. The van der Waals surface area contributed by atoms with E-state index in [4.69, 9.17) is 5.11 Å². The number of nitrogens with zero attached hydrogens (tertiary/aromatic N) is 1. The summed E-state index contributed by atoms with van der Waals surface area (Å²) < 4.78 is 30.8. The molecule has 0 fully saturated rings. The fraction of sp³-hybridized carbons (Fsp3) is 0.406. The highest BCUT2D eigenvalue weighted by Gasteiger charge is 2.28. The predicted molar refractivity (Wildman–Crippen MR) is 156 cm³/mol. The number of carbonyl (C=O) groups is 1. The van der Waals surface area contributed by atoms with Crippen LogP contribution in [-0.2, 0) is 24.1 Å². The molecule has 1 aliphatic carbocycles. The van der Waals surface area contributed by atoms with Gasteiger partial charge in [0, 0.05) is 35.5 Å². The fourth-order valence-electron chi connectivity index (χ4n) is 5.61. The van der Waals surface area contributed by atoms with E-state index >= 15 is 4.39 Å². The van der Waals surface area contributed by atoms with Crippen molar-refractivity contribution < 1.29 is 23.8 Å². The summed E-state index contributed by atoms with van der Waals surface area (Å²) in [6.45, 7) is 5.21. The van der Waals surface area contributed by atoms with Crippen LogP contribution in [0.15, 0.2) is 65.6 Å². The Morgan fingerprint density at radius 2 is 1.75 bits per heavy atom. The molecular formula is C32H38F2N2O3S. The van der Waals surface area contributed by atoms with E-state index in [0.29, 0.717) is 40.6 Å². The Labute approximate surface area is 239 Å². The molecule has 3 N–H and O–H groups in total. The smallest absolute Gasteiger partial charge is 0.303 e. The summed E-state index contributed by atoms with van der Waals surface area (Å²) in [6, 6.07) is 17.5. The Morgan fingerprint density at radius 1 is 1.07 bits per heavy atom. The van der Waals surface area contributed by atoms with Crippen molar-refractivity contribution in [2.45, 2.75) is 62.5 Å². The van der Waals surface area contributed by atoms with E-state index in [-0.39, 0.29) is 18.4 Å². The molecule has 4 rings (SSSR count). The summed E-state index contributed by atoms with van der Waals surface area (Å²) in [7, 11) is 1.85. The van der Waals surface area contributed by atoms with Crippen molar-refractivity contribution in [3.63, 3.8) is 0 Å². The SMILES string of the molecule is CN(C[C@H](O)CNC(C)(C)CC1Cc2ccccc2C1)Sc1ccc(-c2ccc(F)cc2CCC(=O)O)c(F)c1. The van der Waals surface area contributed by atoms with Gasteiger partial charge in [-0.1, -0.05) is 36.4 Å². The van der Waals surface area contributed by atoms with Crippen molar-refractivity contribution in [1.82, 2.24) is 9.62 Å². The summed E-state index contributed by atoms with van der Waals surface area (Å²) in [5.41, 5.74) is 4.02. The number of fused-ring (bicyclic) bond motifs is 1. The molecular weight excluding hydrogens is 530 g/mol. The van der Waals surface area contributed by atoms with E-state index in [9.17, 15) is 14.3 Å². The number of carboxylic acid groups (broad SMARTS) is 1. The number of hydrogen-bond donors (Lipinski definition) is 3. The molecule has 5 nitrogen and oxygen atoms in total. The number of aryl methyl sites for hydroxylation is 1. The van der Waals surface area contributed by atoms with Crippen LogP contribution in [0.4, 0.5) is 8.78 Å². The second kappa shape index (κ2) is 13.3. The molecule has 0 radical (unpaired) electrons. The Morgan fingerprint density at radius 3 is 2.40 bits per heavy atom. The lowest BCUT2D eigenvalue weighted by Crippen LogP contribution is -2.46. The molecule has 0 bridgehead atoms.